The number of H-pyrrole nitrogens is 1. The van der Waals surface area contributed by atoms with Crippen LogP contribution in [0.1, 0.15) is 72.8 Å². The molecule has 180 valence electrons. The van der Waals surface area contributed by atoms with Gasteiger partial charge in [-0.25, -0.2) is 4.39 Å². The molecule has 1 aliphatic rings. The first-order chi connectivity index (χ1) is 15.7. The maximum atomic E-state index is 14.7. The second-order valence-corrected chi connectivity index (χ2v) is 9.13. The molecule has 0 bridgehead atoms. The van der Waals surface area contributed by atoms with Gasteiger partial charge in [-0.15, -0.1) is 0 Å². The number of pyridine rings is 1. The third-order valence-electron chi connectivity index (χ3n) is 6.58. The summed E-state index contributed by atoms with van der Waals surface area (Å²) >= 11 is 0. The Kier molecular flexibility index (Phi) is 8.30. The van der Waals surface area contributed by atoms with E-state index in [1.807, 2.05) is 19.9 Å². The molecule has 33 heavy (non-hydrogen) atoms. The van der Waals surface area contributed by atoms with Crippen LogP contribution >= 0.6 is 0 Å². The molecule has 1 aromatic heterocycles. The van der Waals surface area contributed by atoms with Crippen molar-refractivity contribution in [2.75, 3.05) is 18.0 Å². The molecule has 1 aromatic carbocycles. The van der Waals surface area contributed by atoms with E-state index in [4.69, 9.17) is 0 Å². The zero-order chi connectivity index (χ0) is 24.1. The van der Waals surface area contributed by atoms with Crippen molar-refractivity contribution in [3.8, 4) is 0 Å². The number of carbonyl (C=O) groups excluding carboxylic acids is 1. The largest absolute Gasteiger partial charge is 0.368 e. The third-order valence-corrected chi connectivity index (χ3v) is 6.58. The van der Waals surface area contributed by atoms with Crippen LogP contribution in [0.5, 0.6) is 0 Å². The zero-order valence-corrected chi connectivity index (χ0v) is 20.5. The Hall–Kier alpha value is -2.67. The number of aromatic amines is 1. The number of nitrogens with zero attached hydrogens (tertiary/aromatic N) is 1. The van der Waals surface area contributed by atoms with Crippen molar-refractivity contribution in [2.45, 2.75) is 78.9 Å². The van der Waals surface area contributed by atoms with E-state index >= 15 is 0 Å². The molecule has 1 saturated heterocycles. The van der Waals surface area contributed by atoms with E-state index in [1.54, 1.807) is 0 Å². The van der Waals surface area contributed by atoms with Crippen LogP contribution in [-0.2, 0) is 13.0 Å². The molecule has 3 N–H and O–H groups in total. The average Bonchev–Trinajstić information content (AvgIpc) is 2.76. The van der Waals surface area contributed by atoms with E-state index in [9.17, 15) is 14.0 Å². The predicted molar refractivity (Wildman–Crippen MR) is 132 cm³/mol. The topological polar surface area (TPSA) is 77.2 Å². The molecule has 0 spiro atoms. The molecule has 6 nitrogen and oxygen atoms in total. The number of amides is 1. The number of aryl methyl sites for hydroxylation is 2. The lowest BCUT2D eigenvalue weighted by Gasteiger charge is -2.39. The summed E-state index contributed by atoms with van der Waals surface area (Å²) in [6, 6.07) is 5.48. The van der Waals surface area contributed by atoms with Crippen LogP contribution in [-0.4, -0.2) is 36.1 Å². The van der Waals surface area contributed by atoms with Crippen molar-refractivity contribution in [3.05, 3.63) is 62.3 Å². The smallest absolute Gasteiger partial charge is 0.253 e. The molecule has 0 aliphatic carbocycles. The van der Waals surface area contributed by atoms with E-state index in [-0.39, 0.29) is 18.0 Å². The summed E-state index contributed by atoms with van der Waals surface area (Å²) in [5.74, 6) is -0.800. The van der Waals surface area contributed by atoms with Gasteiger partial charge in [0.05, 0.1) is 0 Å². The van der Waals surface area contributed by atoms with Gasteiger partial charge in [0.25, 0.3) is 11.5 Å². The fourth-order valence-electron chi connectivity index (χ4n) is 4.95. The summed E-state index contributed by atoms with van der Waals surface area (Å²) in [5.41, 5.74) is 3.95. The number of rotatable bonds is 8. The molecule has 1 unspecified atom stereocenters. The number of benzene rings is 1. The number of anilines is 1. The maximum Gasteiger partial charge on any atom is 0.253 e. The van der Waals surface area contributed by atoms with Gasteiger partial charge in [-0.2, -0.15) is 0 Å². The molecule has 1 aliphatic heterocycles. The minimum Gasteiger partial charge on any atom is -0.368 e. The van der Waals surface area contributed by atoms with Crippen LogP contribution in [0.2, 0.25) is 0 Å². The van der Waals surface area contributed by atoms with E-state index in [0.29, 0.717) is 23.2 Å². The molecule has 1 amide bonds. The standard InChI is InChI=1S/C26H37FN4O2/c1-6-8-19-11-17(4)30-26(33)23(19)15-29-25(32)22-13-20(27)14-24(18(22)5)31(7-2)21-9-10-28-16(3)12-21/h11,13-14,16,21,28H,6-10,12,15H2,1-5H3,(H,29,32)(H,30,33)/t16-,21?/m1/s1. The first-order valence-corrected chi connectivity index (χ1v) is 12.0. The summed E-state index contributed by atoms with van der Waals surface area (Å²) in [4.78, 5) is 30.7. The Morgan fingerprint density at radius 3 is 2.67 bits per heavy atom. The summed E-state index contributed by atoms with van der Waals surface area (Å²) in [5, 5.41) is 6.32. The van der Waals surface area contributed by atoms with Crippen molar-refractivity contribution in [3.63, 3.8) is 0 Å². The monoisotopic (exact) mass is 456 g/mol. The van der Waals surface area contributed by atoms with E-state index < -0.39 is 5.82 Å². The second kappa shape index (κ2) is 11.0. The van der Waals surface area contributed by atoms with Gasteiger partial charge >= 0.3 is 0 Å². The van der Waals surface area contributed by atoms with E-state index in [1.165, 1.54) is 12.1 Å². The van der Waals surface area contributed by atoms with Gasteiger partial charge in [0.1, 0.15) is 5.82 Å². The number of carbonyl (C=O) groups is 1. The Balaban J connectivity index is 1.86. The summed E-state index contributed by atoms with van der Waals surface area (Å²) < 4.78 is 14.7. The number of halogens is 1. The quantitative estimate of drug-likeness (QED) is 0.562. The fourth-order valence-corrected chi connectivity index (χ4v) is 4.95. The van der Waals surface area contributed by atoms with Gasteiger partial charge in [-0.1, -0.05) is 13.3 Å². The first-order valence-electron chi connectivity index (χ1n) is 12.0. The van der Waals surface area contributed by atoms with Crippen LogP contribution in [0, 0.1) is 19.7 Å². The highest BCUT2D eigenvalue weighted by Crippen LogP contribution is 2.30. The molecule has 0 saturated carbocycles. The molecule has 7 heteroatoms. The Morgan fingerprint density at radius 1 is 1.24 bits per heavy atom. The molecule has 1 fully saturated rings. The van der Waals surface area contributed by atoms with E-state index in [2.05, 4.69) is 41.3 Å². The maximum absolute atomic E-state index is 14.7. The van der Waals surface area contributed by atoms with Crippen LogP contribution in [0.4, 0.5) is 10.1 Å². The molecule has 3 rings (SSSR count). The van der Waals surface area contributed by atoms with Gasteiger partial charge in [0.2, 0.25) is 0 Å². The third kappa shape index (κ3) is 5.82. The number of piperidine rings is 1. The van der Waals surface area contributed by atoms with Crippen molar-refractivity contribution >= 4 is 11.6 Å². The van der Waals surface area contributed by atoms with Crippen LogP contribution in [0.15, 0.2) is 23.0 Å². The Morgan fingerprint density at radius 2 is 2.00 bits per heavy atom. The highest BCUT2D eigenvalue weighted by Gasteiger charge is 2.26. The minimum absolute atomic E-state index is 0.109. The SMILES string of the molecule is CCCc1cc(C)[nH]c(=O)c1CNC(=O)c1cc(F)cc(N(CC)C2CCN[C@H](C)C2)c1C. The number of hydrogen-bond donors (Lipinski definition) is 3. The molecular weight excluding hydrogens is 419 g/mol. The number of hydrogen-bond acceptors (Lipinski definition) is 4. The summed E-state index contributed by atoms with van der Waals surface area (Å²) in [7, 11) is 0. The lowest BCUT2D eigenvalue weighted by Crippen LogP contribution is -2.47. The normalized spacial score (nSPS) is 18.2. The summed E-state index contributed by atoms with van der Waals surface area (Å²) in [6.07, 6.45) is 3.62. The first kappa shape index (κ1) is 25.0. The van der Waals surface area contributed by atoms with Crippen molar-refractivity contribution < 1.29 is 9.18 Å². The van der Waals surface area contributed by atoms with Crippen molar-refractivity contribution in [1.29, 1.82) is 0 Å². The van der Waals surface area contributed by atoms with Crippen LogP contribution in [0.25, 0.3) is 0 Å². The van der Waals surface area contributed by atoms with Crippen molar-refractivity contribution in [1.82, 2.24) is 15.6 Å². The minimum atomic E-state index is -0.430. The van der Waals surface area contributed by atoms with Gasteiger partial charge in [0, 0.05) is 47.7 Å². The van der Waals surface area contributed by atoms with Gasteiger partial charge in [0.15, 0.2) is 0 Å². The fraction of sp³-hybridized carbons (Fsp3) is 0.538. The zero-order valence-electron chi connectivity index (χ0n) is 20.5. The van der Waals surface area contributed by atoms with Crippen LogP contribution < -0.4 is 21.1 Å². The molecule has 2 aromatic rings. The van der Waals surface area contributed by atoms with Gasteiger partial charge in [-0.05, 0) is 82.8 Å². The highest BCUT2D eigenvalue weighted by atomic mass is 19.1. The second-order valence-electron chi connectivity index (χ2n) is 9.13. The van der Waals surface area contributed by atoms with Gasteiger partial charge in [-0.3, -0.25) is 9.59 Å². The lowest BCUT2D eigenvalue weighted by molar-refractivity contribution is 0.0949. The van der Waals surface area contributed by atoms with E-state index in [0.717, 1.165) is 61.3 Å². The van der Waals surface area contributed by atoms with Crippen LogP contribution in [0.3, 0.4) is 0 Å². The molecular formula is C26H37FN4O2. The predicted octanol–water partition coefficient (Wildman–Crippen LogP) is 3.98. The molecule has 0 radical (unpaired) electrons. The highest BCUT2D eigenvalue weighted by molar-refractivity contribution is 5.97. The molecule has 2 heterocycles. The van der Waals surface area contributed by atoms with Crippen molar-refractivity contribution in [2.24, 2.45) is 0 Å². The van der Waals surface area contributed by atoms with Gasteiger partial charge < -0.3 is 20.5 Å². The molecule has 2 atom stereocenters. The Labute approximate surface area is 196 Å². The summed E-state index contributed by atoms with van der Waals surface area (Å²) in [6.45, 7) is 11.8. The Bertz CT molecular complexity index is 1050. The number of nitrogens with one attached hydrogen (secondary N) is 3. The average molecular weight is 457 g/mol. The lowest BCUT2D eigenvalue weighted by atomic mass is 9.96. The number of aromatic nitrogens is 1.